The predicted octanol–water partition coefficient (Wildman–Crippen LogP) is 3.60. The predicted molar refractivity (Wildman–Crippen MR) is 67.7 cm³/mol. The van der Waals surface area contributed by atoms with Crippen LogP contribution in [0.2, 0.25) is 0 Å². The highest BCUT2D eigenvalue weighted by Gasteiger charge is 2.13. The third kappa shape index (κ3) is 2.79. The Bertz CT molecular complexity index is 577. The standard InChI is InChI=1S/C14H10FNO2/c15-13-8-6-11(7-9-13)10-14(16(17)18)12-4-2-1-3-5-12/h1-10H. The number of halogens is 1. The van der Waals surface area contributed by atoms with Crippen LogP contribution in [0, 0.1) is 15.9 Å². The molecule has 0 saturated carbocycles. The van der Waals surface area contributed by atoms with Crippen LogP contribution in [0.5, 0.6) is 0 Å². The number of hydrogen-bond acceptors (Lipinski definition) is 2. The van der Waals surface area contributed by atoms with Crippen LogP contribution in [-0.2, 0) is 0 Å². The van der Waals surface area contributed by atoms with Crippen molar-refractivity contribution < 1.29 is 9.31 Å². The molecule has 0 atom stereocenters. The summed E-state index contributed by atoms with van der Waals surface area (Å²) in [6.45, 7) is 0. The number of nitro groups is 1. The molecule has 2 aromatic carbocycles. The van der Waals surface area contributed by atoms with Gasteiger partial charge in [-0.15, -0.1) is 0 Å². The third-order valence-corrected chi connectivity index (χ3v) is 2.44. The first-order valence-electron chi connectivity index (χ1n) is 5.34. The van der Waals surface area contributed by atoms with Gasteiger partial charge >= 0.3 is 0 Å². The molecule has 0 N–H and O–H groups in total. The second kappa shape index (κ2) is 5.23. The first-order valence-corrected chi connectivity index (χ1v) is 5.34. The van der Waals surface area contributed by atoms with E-state index < -0.39 is 4.92 Å². The molecular formula is C14H10FNO2. The van der Waals surface area contributed by atoms with Gasteiger partial charge in [-0.3, -0.25) is 10.1 Å². The SMILES string of the molecule is O=[N+]([O-])C(=Cc1ccc(F)cc1)c1ccccc1. The maximum absolute atomic E-state index is 12.8. The lowest BCUT2D eigenvalue weighted by Crippen LogP contribution is -1.97. The Kier molecular flexibility index (Phi) is 3.48. The van der Waals surface area contributed by atoms with Gasteiger partial charge in [0, 0.05) is 6.08 Å². The van der Waals surface area contributed by atoms with Crippen molar-refractivity contribution in [3.8, 4) is 0 Å². The molecule has 0 bridgehead atoms. The minimum absolute atomic E-state index is 0.0118. The van der Waals surface area contributed by atoms with Crippen molar-refractivity contribution in [3.63, 3.8) is 0 Å². The van der Waals surface area contributed by atoms with Crippen LogP contribution in [0.1, 0.15) is 11.1 Å². The van der Waals surface area contributed by atoms with Gasteiger partial charge in [-0.05, 0) is 29.8 Å². The average molecular weight is 243 g/mol. The van der Waals surface area contributed by atoms with Crippen molar-refractivity contribution in [2.24, 2.45) is 0 Å². The average Bonchev–Trinajstić information content (AvgIpc) is 2.38. The maximum Gasteiger partial charge on any atom is 0.277 e. The van der Waals surface area contributed by atoms with E-state index in [-0.39, 0.29) is 11.5 Å². The minimum atomic E-state index is -0.446. The summed E-state index contributed by atoms with van der Waals surface area (Å²) < 4.78 is 12.8. The number of hydrogen-bond donors (Lipinski definition) is 0. The molecule has 0 aliphatic carbocycles. The fourth-order valence-electron chi connectivity index (χ4n) is 1.57. The van der Waals surface area contributed by atoms with E-state index in [2.05, 4.69) is 0 Å². The molecule has 0 radical (unpaired) electrons. The topological polar surface area (TPSA) is 43.1 Å². The monoisotopic (exact) mass is 243 g/mol. The van der Waals surface area contributed by atoms with E-state index in [9.17, 15) is 14.5 Å². The molecule has 2 aromatic rings. The summed E-state index contributed by atoms with van der Waals surface area (Å²) >= 11 is 0. The Morgan fingerprint density at radius 1 is 1.06 bits per heavy atom. The molecule has 0 aromatic heterocycles. The van der Waals surface area contributed by atoms with Crippen LogP contribution in [0.3, 0.4) is 0 Å². The Morgan fingerprint density at radius 2 is 1.67 bits per heavy atom. The van der Waals surface area contributed by atoms with Gasteiger partial charge in [0.15, 0.2) is 0 Å². The fourth-order valence-corrected chi connectivity index (χ4v) is 1.57. The lowest BCUT2D eigenvalue weighted by Gasteiger charge is -1.99. The highest BCUT2D eigenvalue weighted by Crippen LogP contribution is 2.18. The molecule has 18 heavy (non-hydrogen) atoms. The molecule has 0 fully saturated rings. The summed E-state index contributed by atoms with van der Waals surface area (Å²) in [6.07, 6.45) is 1.43. The van der Waals surface area contributed by atoms with Gasteiger partial charge in [-0.1, -0.05) is 30.3 Å². The van der Waals surface area contributed by atoms with Crippen molar-refractivity contribution in [3.05, 3.63) is 81.7 Å². The van der Waals surface area contributed by atoms with Gasteiger partial charge in [0.1, 0.15) is 5.82 Å². The summed E-state index contributed by atoms with van der Waals surface area (Å²) in [6, 6.07) is 14.1. The van der Waals surface area contributed by atoms with Crippen LogP contribution in [0.4, 0.5) is 4.39 Å². The van der Waals surface area contributed by atoms with E-state index >= 15 is 0 Å². The second-order valence-corrected chi connectivity index (χ2v) is 3.70. The molecule has 4 heteroatoms. The van der Waals surface area contributed by atoms with Gasteiger partial charge in [0.25, 0.3) is 5.70 Å². The molecule has 0 aliphatic heterocycles. The summed E-state index contributed by atoms with van der Waals surface area (Å²) in [5, 5.41) is 11.0. The van der Waals surface area contributed by atoms with Gasteiger partial charge < -0.3 is 0 Å². The van der Waals surface area contributed by atoms with Gasteiger partial charge in [0.05, 0.1) is 10.5 Å². The summed E-state index contributed by atoms with van der Waals surface area (Å²) in [7, 11) is 0. The maximum atomic E-state index is 12.8. The van der Waals surface area contributed by atoms with Crippen molar-refractivity contribution >= 4 is 11.8 Å². The first kappa shape index (κ1) is 12.0. The molecule has 0 saturated heterocycles. The Hall–Kier alpha value is -2.49. The molecular weight excluding hydrogens is 233 g/mol. The van der Waals surface area contributed by atoms with E-state index in [1.807, 2.05) is 0 Å². The fraction of sp³-hybridized carbons (Fsp3) is 0. The van der Waals surface area contributed by atoms with Crippen LogP contribution in [0.25, 0.3) is 11.8 Å². The molecule has 3 nitrogen and oxygen atoms in total. The summed E-state index contributed by atoms with van der Waals surface area (Å²) in [4.78, 5) is 10.6. The van der Waals surface area contributed by atoms with Crippen molar-refractivity contribution in [1.82, 2.24) is 0 Å². The largest absolute Gasteiger partial charge is 0.277 e. The molecule has 0 unspecified atom stereocenters. The molecule has 0 spiro atoms. The number of nitrogens with zero attached hydrogens (tertiary/aromatic N) is 1. The highest BCUT2D eigenvalue weighted by atomic mass is 19.1. The third-order valence-electron chi connectivity index (χ3n) is 2.44. The van der Waals surface area contributed by atoms with Crippen LogP contribution in [-0.4, -0.2) is 4.92 Å². The Morgan fingerprint density at radius 3 is 2.22 bits per heavy atom. The zero-order chi connectivity index (χ0) is 13.0. The van der Waals surface area contributed by atoms with Gasteiger partial charge in [0.2, 0.25) is 0 Å². The van der Waals surface area contributed by atoms with Crippen molar-refractivity contribution in [1.29, 1.82) is 0 Å². The first-order chi connectivity index (χ1) is 8.66. The Labute approximate surface area is 103 Å². The molecule has 90 valence electrons. The lowest BCUT2D eigenvalue weighted by atomic mass is 10.1. The zero-order valence-electron chi connectivity index (χ0n) is 9.42. The highest BCUT2D eigenvalue weighted by molar-refractivity contribution is 5.76. The Balaban J connectivity index is 2.43. The van der Waals surface area contributed by atoms with Gasteiger partial charge in [-0.25, -0.2) is 4.39 Å². The van der Waals surface area contributed by atoms with Crippen LogP contribution < -0.4 is 0 Å². The van der Waals surface area contributed by atoms with Gasteiger partial charge in [-0.2, -0.15) is 0 Å². The van der Waals surface area contributed by atoms with Crippen LogP contribution >= 0.6 is 0 Å². The molecule has 2 rings (SSSR count). The summed E-state index contributed by atoms with van der Waals surface area (Å²) in [5.74, 6) is -0.366. The van der Waals surface area contributed by atoms with E-state index in [1.54, 1.807) is 30.3 Å². The second-order valence-electron chi connectivity index (χ2n) is 3.70. The van der Waals surface area contributed by atoms with Crippen molar-refractivity contribution in [2.75, 3.05) is 0 Å². The molecule has 0 amide bonds. The minimum Gasteiger partial charge on any atom is -0.258 e. The quantitative estimate of drug-likeness (QED) is 0.469. The van der Waals surface area contributed by atoms with E-state index in [1.165, 1.54) is 30.3 Å². The number of rotatable bonds is 3. The van der Waals surface area contributed by atoms with E-state index in [0.717, 1.165) is 0 Å². The lowest BCUT2D eigenvalue weighted by molar-refractivity contribution is -0.374. The summed E-state index contributed by atoms with van der Waals surface area (Å²) in [5.41, 5.74) is 1.10. The van der Waals surface area contributed by atoms with Crippen molar-refractivity contribution in [2.45, 2.75) is 0 Å². The molecule has 0 aliphatic rings. The van der Waals surface area contributed by atoms with Crippen LogP contribution in [0.15, 0.2) is 54.6 Å². The smallest absolute Gasteiger partial charge is 0.258 e. The van der Waals surface area contributed by atoms with E-state index in [4.69, 9.17) is 0 Å². The number of benzene rings is 2. The van der Waals surface area contributed by atoms with E-state index in [0.29, 0.717) is 11.1 Å². The normalized spacial score (nSPS) is 11.3. The molecule has 0 heterocycles. The zero-order valence-corrected chi connectivity index (χ0v) is 9.42.